The Balaban J connectivity index is 1.42. The number of carbonyl (C=O) groups excluding carboxylic acids is 3. The minimum Gasteiger partial charge on any atom is -0.342 e. The molecule has 1 saturated heterocycles. The van der Waals surface area contributed by atoms with Crippen molar-refractivity contribution in [2.45, 2.75) is 56.9 Å². The second-order valence-corrected chi connectivity index (χ2v) is 8.73. The van der Waals surface area contributed by atoms with Crippen molar-refractivity contribution in [1.29, 1.82) is 0 Å². The van der Waals surface area contributed by atoms with Crippen LogP contribution in [-0.4, -0.2) is 23.1 Å². The third kappa shape index (κ3) is 4.16. The van der Waals surface area contributed by atoms with Crippen LogP contribution in [0, 0.1) is 5.92 Å². The highest BCUT2D eigenvalue weighted by atomic mass is 16.2. The molecule has 2 N–H and O–H groups in total. The van der Waals surface area contributed by atoms with Gasteiger partial charge < -0.3 is 10.6 Å². The van der Waals surface area contributed by atoms with E-state index < -0.39 is 23.3 Å². The van der Waals surface area contributed by atoms with Gasteiger partial charge in [-0.25, -0.2) is 0 Å². The van der Waals surface area contributed by atoms with Crippen molar-refractivity contribution in [3.63, 3.8) is 0 Å². The van der Waals surface area contributed by atoms with Gasteiger partial charge in [-0.3, -0.25) is 14.4 Å². The van der Waals surface area contributed by atoms with Gasteiger partial charge in [0.2, 0.25) is 11.8 Å². The van der Waals surface area contributed by atoms with Crippen LogP contribution < -0.4 is 10.6 Å². The van der Waals surface area contributed by atoms with Crippen molar-refractivity contribution in [2.75, 3.05) is 5.32 Å². The minimum absolute atomic E-state index is 0.359. The number of amides is 2. The topological polar surface area (TPSA) is 75.3 Å². The molecule has 0 radical (unpaired) electrons. The zero-order valence-corrected chi connectivity index (χ0v) is 17.3. The molecule has 2 amide bonds. The van der Waals surface area contributed by atoms with Gasteiger partial charge in [-0.2, -0.15) is 0 Å². The first-order chi connectivity index (χ1) is 14.5. The fraction of sp³-hybridized carbons (Fsp3) is 0.400. The molecule has 2 aliphatic rings. The van der Waals surface area contributed by atoms with E-state index in [1.165, 1.54) is 37.7 Å². The van der Waals surface area contributed by atoms with Gasteiger partial charge in [0.15, 0.2) is 11.7 Å². The average Bonchev–Trinajstić information content (AvgIpc) is 2.97. The van der Waals surface area contributed by atoms with Gasteiger partial charge >= 0.3 is 0 Å². The normalized spacial score (nSPS) is 24.5. The Kier molecular flexibility index (Phi) is 5.71. The molecular formula is C25H28N2O3. The van der Waals surface area contributed by atoms with Gasteiger partial charge in [-0.1, -0.05) is 61.7 Å². The van der Waals surface area contributed by atoms with E-state index in [0.717, 1.165) is 5.56 Å². The molecule has 5 heteroatoms. The van der Waals surface area contributed by atoms with Crippen LogP contribution in [0.15, 0.2) is 54.6 Å². The monoisotopic (exact) mass is 404 g/mol. The first-order valence-corrected chi connectivity index (χ1v) is 10.8. The fourth-order valence-corrected chi connectivity index (χ4v) is 4.71. The molecule has 1 aliphatic carbocycles. The highest BCUT2D eigenvalue weighted by Crippen LogP contribution is 2.33. The third-order valence-corrected chi connectivity index (χ3v) is 6.38. The molecule has 1 unspecified atom stereocenters. The molecule has 30 heavy (non-hydrogen) atoms. The molecule has 1 heterocycles. The number of hydrogen-bond donors (Lipinski definition) is 2. The van der Waals surface area contributed by atoms with Crippen LogP contribution in [0.4, 0.5) is 5.69 Å². The lowest BCUT2D eigenvalue weighted by Gasteiger charge is -2.22. The van der Waals surface area contributed by atoms with Crippen LogP contribution in [0.3, 0.4) is 0 Å². The van der Waals surface area contributed by atoms with Crippen LogP contribution in [0.5, 0.6) is 0 Å². The number of anilines is 1. The van der Waals surface area contributed by atoms with Crippen molar-refractivity contribution in [3.05, 3.63) is 65.7 Å². The minimum atomic E-state index is -1.32. The smallest absolute Gasteiger partial charge is 0.244 e. The molecule has 2 fully saturated rings. The number of ketones is 1. The summed E-state index contributed by atoms with van der Waals surface area (Å²) in [6, 6.07) is 17.3. The van der Waals surface area contributed by atoms with Crippen LogP contribution in [-0.2, 0) is 20.8 Å². The van der Waals surface area contributed by atoms with E-state index in [4.69, 9.17) is 0 Å². The molecule has 1 saturated carbocycles. The van der Waals surface area contributed by atoms with Crippen LogP contribution in [0.1, 0.15) is 56.1 Å². The van der Waals surface area contributed by atoms with Crippen molar-refractivity contribution in [1.82, 2.24) is 5.32 Å². The average molecular weight is 405 g/mol. The maximum absolute atomic E-state index is 13.0. The standard InChI is InChI=1S/C25H28N2O3/c1-25(16-17-8-4-2-5-9-17)22(28)21(24(30)27-25)23(29)26-20-14-12-19(13-15-20)18-10-6-3-7-11-18/h2,4-5,8-9,12-15,18,21H,3,6-7,10-11,16H2,1H3,(H,26,29)(H,27,30)/t21?,25-/m1/s1. The number of hydrogen-bond acceptors (Lipinski definition) is 3. The lowest BCUT2D eigenvalue weighted by molar-refractivity contribution is -0.135. The molecule has 0 bridgehead atoms. The number of Topliss-reactive ketones (excluding diaryl/α,β-unsaturated/α-hetero) is 1. The van der Waals surface area contributed by atoms with E-state index in [0.29, 0.717) is 18.0 Å². The van der Waals surface area contributed by atoms with Crippen LogP contribution in [0.25, 0.3) is 0 Å². The summed E-state index contributed by atoms with van der Waals surface area (Å²) < 4.78 is 0. The van der Waals surface area contributed by atoms with E-state index in [2.05, 4.69) is 10.6 Å². The van der Waals surface area contributed by atoms with E-state index in [1.807, 2.05) is 54.6 Å². The quantitative estimate of drug-likeness (QED) is 0.740. The van der Waals surface area contributed by atoms with Crippen molar-refractivity contribution >= 4 is 23.3 Å². The predicted molar refractivity (Wildman–Crippen MR) is 116 cm³/mol. The summed E-state index contributed by atoms with van der Waals surface area (Å²) in [6.07, 6.45) is 6.63. The third-order valence-electron chi connectivity index (χ3n) is 6.38. The number of carbonyl (C=O) groups is 3. The molecule has 1 aliphatic heterocycles. The molecule has 0 spiro atoms. The van der Waals surface area contributed by atoms with Gasteiger partial charge in [0, 0.05) is 12.1 Å². The van der Waals surface area contributed by atoms with Crippen LogP contribution in [0.2, 0.25) is 0 Å². The summed E-state index contributed by atoms with van der Waals surface area (Å²) in [7, 11) is 0. The molecule has 5 nitrogen and oxygen atoms in total. The summed E-state index contributed by atoms with van der Waals surface area (Å²) in [5, 5.41) is 5.50. The Hall–Kier alpha value is -2.95. The Labute approximate surface area is 177 Å². The van der Waals surface area contributed by atoms with Gasteiger partial charge in [0.1, 0.15) is 5.54 Å². The maximum atomic E-state index is 13.0. The Morgan fingerprint density at radius 1 is 1.00 bits per heavy atom. The Bertz CT molecular complexity index is 933. The van der Waals surface area contributed by atoms with Gasteiger partial charge in [0.05, 0.1) is 0 Å². The highest BCUT2D eigenvalue weighted by molar-refractivity contribution is 6.27. The Morgan fingerprint density at radius 3 is 2.33 bits per heavy atom. The number of rotatable bonds is 5. The number of nitrogens with one attached hydrogen (secondary N) is 2. The summed E-state index contributed by atoms with van der Waals surface area (Å²) >= 11 is 0. The van der Waals surface area contributed by atoms with E-state index in [-0.39, 0.29) is 5.78 Å². The van der Waals surface area contributed by atoms with Crippen molar-refractivity contribution in [3.8, 4) is 0 Å². The SMILES string of the molecule is C[C@]1(Cc2ccccc2)NC(=O)C(C(=O)Nc2ccc(C3CCCCC3)cc2)C1=O. The fourth-order valence-electron chi connectivity index (χ4n) is 4.71. The summed E-state index contributed by atoms with van der Waals surface area (Å²) in [6.45, 7) is 1.69. The predicted octanol–water partition coefficient (Wildman–Crippen LogP) is 3.99. The van der Waals surface area contributed by atoms with Gasteiger partial charge in [0.25, 0.3) is 0 Å². The first-order valence-electron chi connectivity index (χ1n) is 10.8. The zero-order chi connectivity index (χ0) is 21.1. The second kappa shape index (κ2) is 8.42. The molecule has 0 aromatic heterocycles. The maximum Gasteiger partial charge on any atom is 0.244 e. The largest absolute Gasteiger partial charge is 0.342 e. The molecule has 2 atom stereocenters. The number of benzene rings is 2. The zero-order valence-electron chi connectivity index (χ0n) is 17.3. The van der Waals surface area contributed by atoms with Crippen LogP contribution >= 0.6 is 0 Å². The summed E-state index contributed by atoms with van der Waals surface area (Å²) in [5.41, 5.74) is 1.76. The van der Waals surface area contributed by atoms with E-state index >= 15 is 0 Å². The lowest BCUT2D eigenvalue weighted by atomic mass is 9.84. The second-order valence-electron chi connectivity index (χ2n) is 8.73. The molecule has 4 rings (SSSR count). The molecule has 2 aromatic rings. The molecular weight excluding hydrogens is 376 g/mol. The Morgan fingerprint density at radius 2 is 1.67 bits per heavy atom. The van der Waals surface area contributed by atoms with E-state index in [1.54, 1.807) is 6.92 Å². The van der Waals surface area contributed by atoms with Gasteiger partial charge in [-0.15, -0.1) is 0 Å². The molecule has 156 valence electrons. The summed E-state index contributed by atoms with van der Waals surface area (Å²) in [4.78, 5) is 38.2. The molecule has 2 aromatic carbocycles. The van der Waals surface area contributed by atoms with E-state index in [9.17, 15) is 14.4 Å². The van der Waals surface area contributed by atoms with Crippen molar-refractivity contribution < 1.29 is 14.4 Å². The highest BCUT2D eigenvalue weighted by Gasteiger charge is 2.52. The lowest BCUT2D eigenvalue weighted by Crippen LogP contribution is -2.45. The van der Waals surface area contributed by atoms with Crippen molar-refractivity contribution in [2.24, 2.45) is 5.92 Å². The summed E-state index contributed by atoms with van der Waals surface area (Å²) in [5.74, 6) is -2.22. The van der Waals surface area contributed by atoms with Gasteiger partial charge in [-0.05, 0) is 48.9 Å². The first kappa shape index (κ1) is 20.3.